The van der Waals surface area contributed by atoms with Gasteiger partial charge in [0.1, 0.15) is 0 Å². The molecule has 1 heterocycles. The van der Waals surface area contributed by atoms with Gasteiger partial charge in [-0.2, -0.15) is 0 Å². The molecule has 0 radical (unpaired) electrons. The van der Waals surface area contributed by atoms with Crippen molar-refractivity contribution in [1.82, 2.24) is 9.88 Å². The van der Waals surface area contributed by atoms with Crippen LogP contribution in [-0.2, 0) is 13.1 Å². The summed E-state index contributed by atoms with van der Waals surface area (Å²) in [6.07, 6.45) is 4.38. The molecule has 0 saturated heterocycles. The largest absolute Gasteiger partial charge is 0.375 e. The Morgan fingerprint density at radius 1 is 1.25 bits per heavy atom. The van der Waals surface area contributed by atoms with Gasteiger partial charge in [-0.25, -0.2) is 4.98 Å². The minimum atomic E-state index is 0.601. The van der Waals surface area contributed by atoms with Crippen molar-refractivity contribution in [3.8, 4) is 0 Å². The van der Waals surface area contributed by atoms with Crippen molar-refractivity contribution >= 4 is 39.7 Å². The first-order valence-corrected chi connectivity index (χ1v) is 8.07. The molecule has 1 aliphatic carbocycles. The van der Waals surface area contributed by atoms with Crippen molar-refractivity contribution in [3.63, 3.8) is 0 Å². The van der Waals surface area contributed by atoms with Gasteiger partial charge in [0.25, 0.3) is 0 Å². The second-order valence-corrected chi connectivity index (χ2v) is 7.01. The molecule has 0 amide bonds. The van der Waals surface area contributed by atoms with Crippen LogP contribution in [0.3, 0.4) is 0 Å². The molecule has 1 saturated carbocycles. The lowest BCUT2D eigenvalue weighted by atomic mass is 10.2. The number of benzene rings is 1. The smallest absolute Gasteiger partial charge is 0.180 e. The van der Waals surface area contributed by atoms with Crippen LogP contribution in [0.25, 0.3) is 0 Å². The molecule has 2 aromatic rings. The Labute approximate surface area is 132 Å². The van der Waals surface area contributed by atoms with E-state index in [0.29, 0.717) is 21.2 Å². The Morgan fingerprint density at radius 2 is 2.05 bits per heavy atom. The van der Waals surface area contributed by atoms with E-state index in [0.717, 1.165) is 13.1 Å². The molecule has 1 aromatic heterocycles. The number of nitrogens with zero attached hydrogens (tertiary/aromatic N) is 2. The van der Waals surface area contributed by atoms with E-state index < -0.39 is 0 Å². The van der Waals surface area contributed by atoms with E-state index in [1.54, 1.807) is 11.3 Å². The highest BCUT2D eigenvalue weighted by molar-refractivity contribution is 7.15. The molecule has 20 heavy (non-hydrogen) atoms. The number of halogens is 2. The van der Waals surface area contributed by atoms with E-state index >= 15 is 0 Å². The molecule has 0 aliphatic heterocycles. The molecule has 3 nitrogen and oxygen atoms in total. The number of thiazole rings is 1. The minimum absolute atomic E-state index is 0.601. The maximum Gasteiger partial charge on any atom is 0.180 e. The zero-order valence-corrected chi connectivity index (χ0v) is 13.2. The van der Waals surface area contributed by atoms with E-state index in [9.17, 15) is 0 Å². The minimum Gasteiger partial charge on any atom is -0.375 e. The topological polar surface area (TPSA) is 42.1 Å². The maximum atomic E-state index is 6.08. The average molecular weight is 328 g/mol. The summed E-state index contributed by atoms with van der Waals surface area (Å²) in [5, 5.41) is 1.84. The van der Waals surface area contributed by atoms with Gasteiger partial charge in [-0.1, -0.05) is 29.3 Å². The zero-order chi connectivity index (χ0) is 14.1. The second kappa shape index (κ2) is 5.90. The molecule has 106 valence electrons. The first-order chi connectivity index (χ1) is 9.61. The fourth-order valence-corrected chi connectivity index (χ4v) is 3.25. The highest BCUT2D eigenvalue weighted by Crippen LogP contribution is 2.32. The summed E-state index contributed by atoms with van der Waals surface area (Å²) in [5.74, 6) is 0. The van der Waals surface area contributed by atoms with Gasteiger partial charge in [-0.15, -0.1) is 11.3 Å². The average Bonchev–Trinajstić information content (AvgIpc) is 3.17. The normalized spacial score (nSPS) is 14.9. The molecule has 1 aliphatic rings. The number of hydrogen-bond acceptors (Lipinski definition) is 4. The van der Waals surface area contributed by atoms with Crippen LogP contribution in [0.4, 0.5) is 5.13 Å². The first-order valence-electron chi connectivity index (χ1n) is 6.50. The summed E-state index contributed by atoms with van der Waals surface area (Å²) in [7, 11) is 0. The van der Waals surface area contributed by atoms with E-state index in [4.69, 9.17) is 28.9 Å². The molecule has 0 spiro atoms. The zero-order valence-electron chi connectivity index (χ0n) is 10.9. The van der Waals surface area contributed by atoms with Crippen molar-refractivity contribution in [2.75, 3.05) is 5.73 Å². The Balaban J connectivity index is 1.72. The molecular weight excluding hydrogens is 313 g/mol. The van der Waals surface area contributed by atoms with Crippen LogP contribution < -0.4 is 5.73 Å². The Morgan fingerprint density at radius 3 is 2.65 bits per heavy atom. The van der Waals surface area contributed by atoms with Crippen LogP contribution in [0.5, 0.6) is 0 Å². The quantitative estimate of drug-likeness (QED) is 0.894. The molecule has 0 bridgehead atoms. The molecular formula is C14H15Cl2N3S. The summed E-state index contributed by atoms with van der Waals surface area (Å²) < 4.78 is 0. The summed E-state index contributed by atoms with van der Waals surface area (Å²) in [6, 6.07) is 6.49. The molecule has 0 atom stereocenters. The van der Waals surface area contributed by atoms with Gasteiger partial charge < -0.3 is 5.73 Å². The third-order valence-electron chi connectivity index (χ3n) is 3.36. The van der Waals surface area contributed by atoms with Gasteiger partial charge in [-0.05, 0) is 30.5 Å². The number of hydrogen-bond donors (Lipinski definition) is 1. The van der Waals surface area contributed by atoms with Gasteiger partial charge in [0.05, 0.1) is 10.0 Å². The Kier molecular flexibility index (Phi) is 4.17. The van der Waals surface area contributed by atoms with Crippen LogP contribution in [0.2, 0.25) is 10.0 Å². The van der Waals surface area contributed by atoms with E-state index in [-0.39, 0.29) is 0 Å². The molecule has 0 unspecified atom stereocenters. The predicted molar refractivity (Wildman–Crippen MR) is 85.3 cm³/mol. The fourth-order valence-electron chi connectivity index (χ4n) is 2.22. The number of anilines is 1. The molecule has 3 rings (SSSR count). The van der Waals surface area contributed by atoms with Crippen LogP contribution in [0.15, 0.2) is 24.4 Å². The maximum absolute atomic E-state index is 6.08. The number of aromatic nitrogens is 1. The summed E-state index contributed by atoms with van der Waals surface area (Å²) in [6.45, 7) is 1.76. The lowest BCUT2D eigenvalue weighted by Crippen LogP contribution is -2.24. The standard InChI is InChI=1S/C14H15Cl2N3S/c15-12-4-1-9(5-13(12)16)7-19(10-2-3-10)8-11-6-18-14(17)20-11/h1,4-6,10H,2-3,7-8H2,(H2,17,18). The lowest BCUT2D eigenvalue weighted by molar-refractivity contribution is 0.248. The molecule has 1 aromatic carbocycles. The number of nitrogen functional groups attached to an aromatic ring is 1. The highest BCUT2D eigenvalue weighted by atomic mass is 35.5. The van der Waals surface area contributed by atoms with Crippen molar-refractivity contribution in [2.24, 2.45) is 0 Å². The van der Waals surface area contributed by atoms with E-state index in [1.165, 1.54) is 23.3 Å². The van der Waals surface area contributed by atoms with E-state index in [2.05, 4.69) is 9.88 Å². The van der Waals surface area contributed by atoms with Gasteiger partial charge in [0, 0.05) is 30.2 Å². The van der Waals surface area contributed by atoms with Gasteiger partial charge in [0.15, 0.2) is 5.13 Å². The third-order valence-corrected chi connectivity index (χ3v) is 4.91. The third kappa shape index (κ3) is 3.44. The first kappa shape index (κ1) is 14.1. The van der Waals surface area contributed by atoms with Crippen LogP contribution in [0.1, 0.15) is 23.3 Å². The van der Waals surface area contributed by atoms with Gasteiger partial charge in [-0.3, -0.25) is 4.90 Å². The summed E-state index contributed by atoms with van der Waals surface area (Å²) in [4.78, 5) is 7.77. The van der Waals surface area contributed by atoms with Crippen LogP contribution in [-0.4, -0.2) is 15.9 Å². The molecule has 1 fully saturated rings. The lowest BCUT2D eigenvalue weighted by Gasteiger charge is -2.21. The van der Waals surface area contributed by atoms with E-state index in [1.807, 2.05) is 24.4 Å². The Hall–Kier alpha value is -0.810. The fraction of sp³-hybridized carbons (Fsp3) is 0.357. The second-order valence-electron chi connectivity index (χ2n) is 5.05. The van der Waals surface area contributed by atoms with Gasteiger partial charge in [0.2, 0.25) is 0 Å². The summed E-state index contributed by atoms with van der Waals surface area (Å²) >= 11 is 13.6. The van der Waals surface area contributed by atoms with Crippen LogP contribution >= 0.6 is 34.5 Å². The van der Waals surface area contributed by atoms with Crippen LogP contribution in [0, 0.1) is 0 Å². The molecule has 2 N–H and O–H groups in total. The van der Waals surface area contributed by atoms with Crippen molar-refractivity contribution in [3.05, 3.63) is 44.9 Å². The Bertz CT molecular complexity index is 610. The number of rotatable bonds is 5. The van der Waals surface area contributed by atoms with Crippen molar-refractivity contribution in [2.45, 2.75) is 32.0 Å². The highest BCUT2D eigenvalue weighted by Gasteiger charge is 2.29. The van der Waals surface area contributed by atoms with Gasteiger partial charge >= 0.3 is 0 Å². The predicted octanol–water partition coefficient (Wildman–Crippen LogP) is 4.20. The number of nitrogens with two attached hydrogens (primary N) is 1. The van der Waals surface area contributed by atoms with Crippen molar-refractivity contribution in [1.29, 1.82) is 0 Å². The SMILES string of the molecule is Nc1ncc(CN(Cc2ccc(Cl)c(Cl)c2)C2CC2)s1. The van der Waals surface area contributed by atoms with Crippen molar-refractivity contribution < 1.29 is 0 Å². The summed E-state index contributed by atoms with van der Waals surface area (Å²) in [5.41, 5.74) is 6.88. The molecule has 6 heteroatoms. The monoisotopic (exact) mass is 327 g/mol.